The summed E-state index contributed by atoms with van der Waals surface area (Å²) in [5, 5.41) is 5.73. The van der Waals surface area contributed by atoms with Gasteiger partial charge in [0, 0.05) is 50.1 Å². The zero-order valence-electron chi connectivity index (χ0n) is 26.9. The molecule has 3 aliphatic heterocycles. The molecule has 0 radical (unpaired) electrons. The highest BCUT2D eigenvalue weighted by Gasteiger charge is 2.36. The lowest BCUT2D eigenvalue weighted by Crippen LogP contribution is -2.58. The van der Waals surface area contributed by atoms with Gasteiger partial charge in [0.1, 0.15) is 40.4 Å². The van der Waals surface area contributed by atoms with Crippen molar-refractivity contribution in [2.45, 2.75) is 25.1 Å². The highest BCUT2D eigenvalue weighted by atomic mass is 19.1. The Bertz CT molecular complexity index is 2190. The summed E-state index contributed by atoms with van der Waals surface area (Å²) in [5.41, 5.74) is 1.42. The van der Waals surface area contributed by atoms with Gasteiger partial charge in [-0.1, -0.05) is 24.3 Å². The number of amides is 3. The Hall–Kier alpha value is -6.24. The lowest BCUT2D eigenvalue weighted by molar-refractivity contribution is -0.123. The summed E-state index contributed by atoms with van der Waals surface area (Å²) in [6, 6.07) is 20.5. The molecule has 5 aromatic rings. The molecule has 3 aromatic carbocycles. The number of hydrogen-bond acceptors (Lipinski definition) is 8. The molecule has 13 heteroatoms. The number of nitrogens with one attached hydrogen (secondary N) is 2. The van der Waals surface area contributed by atoms with Crippen molar-refractivity contribution >= 4 is 23.4 Å². The minimum Gasteiger partial charge on any atom is -0.496 e. The predicted octanol–water partition coefficient (Wildman–Crippen LogP) is 3.61. The first kappa shape index (κ1) is 32.3. The second-order valence-corrected chi connectivity index (χ2v) is 11.9. The maximum atomic E-state index is 15.3. The van der Waals surface area contributed by atoms with Crippen LogP contribution in [0.25, 0.3) is 16.8 Å². The molecule has 5 heterocycles. The Morgan fingerprint density at radius 2 is 1.84 bits per heavy atom. The third kappa shape index (κ3) is 6.57. The van der Waals surface area contributed by atoms with E-state index in [9.17, 15) is 19.2 Å². The van der Waals surface area contributed by atoms with Gasteiger partial charge < -0.3 is 29.7 Å². The SMILES string of the molecule is COc1cc2ccc1CNC(=O)COc1cccc(c1)-c1ccc(F)c(c1)C(=O)N[C@@H]1CN(C(=O)c3cnc4ccccn4c3=O)CC[C@@H]1O2. The second kappa shape index (κ2) is 13.7. The van der Waals surface area contributed by atoms with E-state index in [1.807, 2.05) is 0 Å². The number of nitrogens with zero attached hydrogens (tertiary/aromatic N) is 3. The van der Waals surface area contributed by atoms with Crippen LogP contribution in [0.5, 0.6) is 17.2 Å². The quantitative estimate of drug-likeness (QED) is 0.289. The maximum Gasteiger partial charge on any atom is 0.270 e. The molecule has 3 amide bonds. The molecule has 6 bridgehead atoms. The van der Waals surface area contributed by atoms with Gasteiger partial charge in [-0.3, -0.25) is 23.6 Å². The third-order valence-electron chi connectivity index (χ3n) is 8.77. The van der Waals surface area contributed by atoms with Crippen LogP contribution in [0.15, 0.2) is 96.1 Å². The third-order valence-corrected chi connectivity index (χ3v) is 8.77. The lowest BCUT2D eigenvalue weighted by Gasteiger charge is -2.38. The molecule has 2 N–H and O–H groups in total. The van der Waals surface area contributed by atoms with Crippen LogP contribution in [0, 0.1) is 5.82 Å². The van der Waals surface area contributed by atoms with E-state index < -0.39 is 35.3 Å². The van der Waals surface area contributed by atoms with Crippen molar-refractivity contribution in [1.82, 2.24) is 24.9 Å². The van der Waals surface area contributed by atoms with E-state index in [2.05, 4.69) is 15.6 Å². The number of carbonyl (C=O) groups excluding carboxylic acids is 3. The van der Waals surface area contributed by atoms with Crippen LogP contribution < -0.4 is 30.4 Å². The van der Waals surface area contributed by atoms with Gasteiger partial charge in [0.05, 0.1) is 18.7 Å². The van der Waals surface area contributed by atoms with E-state index in [0.29, 0.717) is 39.6 Å². The molecule has 1 saturated heterocycles. The number of pyridine rings is 1. The standard InChI is InChI=1S/C37H32FN5O7/c1-48-32-17-26-10-8-24(32)18-40-34(44)21-49-25-6-4-5-22(15-25)23-9-11-29(38)27(16-23)35(45)41-30-20-42(14-12-31(30)50-26)36(46)28-19-39-33-7-2-3-13-43(33)37(28)47/h2-11,13,15-17,19,30-31H,12,14,18,20-21H2,1H3,(H,40,44)(H,41,45)/t30-,31+/m1/s1. The Kier molecular flexibility index (Phi) is 8.86. The molecule has 2 aromatic heterocycles. The number of likely N-dealkylation sites (tertiary alicyclic amines) is 1. The van der Waals surface area contributed by atoms with Gasteiger partial charge in [-0.15, -0.1) is 0 Å². The van der Waals surface area contributed by atoms with Crippen LogP contribution in [-0.2, 0) is 11.3 Å². The molecular weight excluding hydrogens is 645 g/mol. The fourth-order valence-corrected chi connectivity index (χ4v) is 6.14. The molecular formula is C37H32FN5O7. The lowest BCUT2D eigenvalue weighted by atomic mass is 9.99. The van der Waals surface area contributed by atoms with Gasteiger partial charge in [0.25, 0.3) is 23.3 Å². The van der Waals surface area contributed by atoms with E-state index in [1.165, 1.54) is 40.9 Å². The number of aromatic nitrogens is 2. The molecule has 50 heavy (non-hydrogen) atoms. The number of methoxy groups -OCH3 is 1. The molecule has 0 saturated carbocycles. The fraction of sp³-hybridized carbons (Fsp3) is 0.216. The Labute approximate surface area is 285 Å². The summed E-state index contributed by atoms with van der Waals surface area (Å²) in [7, 11) is 1.50. The van der Waals surface area contributed by atoms with Gasteiger partial charge in [0.15, 0.2) is 6.61 Å². The van der Waals surface area contributed by atoms with Crippen molar-refractivity contribution < 1.29 is 33.0 Å². The maximum absolute atomic E-state index is 15.3. The van der Waals surface area contributed by atoms with Crippen LogP contribution in [0.4, 0.5) is 4.39 Å². The van der Waals surface area contributed by atoms with Gasteiger partial charge in [-0.25, -0.2) is 9.37 Å². The molecule has 8 rings (SSSR count). The van der Waals surface area contributed by atoms with Gasteiger partial charge >= 0.3 is 0 Å². The molecule has 1 fully saturated rings. The number of hydrogen-bond donors (Lipinski definition) is 2. The number of halogens is 1. The molecule has 3 aliphatic rings. The first-order valence-corrected chi connectivity index (χ1v) is 16.0. The number of fused-ring (bicyclic) bond motifs is 8. The Morgan fingerprint density at radius 3 is 2.70 bits per heavy atom. The van der Waals surface area contributed by atoms with E-state index >= 15 is 4.39 Å². The first-order valence-electron chi connectivity index (χ1n) is 16.0. The number of rotatable bonds is 2. The average molecular weight is 678 g/mol. The molecule has 0 unspecified atom stereocenters. The Balaban J connectivity index is 1.24. The zero-order valence-corrected chi connectivity index (χ0v) is 26.9. The number of carbonyl (C=O) groups is 3. The average Bonchev–Trinajstić information content (AvgIpc) is 3.14. The van der Waals surface area contributed by atoms with Crippen LogP contribution in [0.2, 0.25) is 0 Å². The minimum absolute atomic E-state index is 0.0336. The van der Waals surface area contributed by atoms with E-state index in [4.69, 9.17) is 14.2 Å². The van der Waals surface area contributed by atoms with Crippen molar-refractivity contribution in [2.24, 2.45) is 0 Å². The summed E-state index contributed by atoms with van der Waals surface area (Å²) in [5.74, 6) is -1.06. The Morgan fingerprint density at radius 1 is 0.980 bits per heavy atom. The van der Waals surface area contributed by atoms with E-state index in [-0.39, 0.29) is 49.7 Å². The molecule has 254 valence electrons. The van der Waals surface area contributed by atoms with Crippen LogP contribution in [0.3, 0.4) is 0 Å². The van der Waals surface area contributed by atoms with E-state index in [1.54, 1.807) is 66.7 Å². The second-order valence-electron chi connectivity index (χ2n) is 11.9. The summed E-state index contributed by atoms with van der Waals surface area (Å²) >= 11 is 0. The number of piperidine rings is 1. The normalized spacial score (nSPS) is 17.8. The summed E-state index contributed by atoms with van der Waals surface area (Å²) in [6.45, 7) is 0.107. The summed E-state index contributed by atoms with van der Waals surface area (Å²) < 4.78 is 34.2. The van der Waals surface area contributed by atoms with Gasteiger partial charge in [-0.05, 0) is 59.7 Å². The van der Waals surface area contributed by atoms with Crippen molar-refractivity contribution in [3.05, 3.63) is 124 Å². The first-order chi connectivity index (χ1) is 24.3. The van der Waals surface area contributed by atoms with E-state index in [0.717, 1.165) is 0 Å². The van der Waals surface area contributed by atoms with Crippen LogP contribution in [0.1, 0.15) is 32.7 Å². The largest absolute Gasteiger partial charge is 0.496 e. The molecule has 0 spiro atoms. The van der Waals surface area contributed by atoms with Gasteiger partial charge in [0.2, 0.25) is 0 Å². The molecule has 0 aliphatic carbocycles. The van der Waals surface area contributed by atoms with Crippen molar-refractivity contribution in [3.8, 4) is 28.4 Å². The summed E-state index contributed by atoms with van der Waals surface area (Å²) in [6.07, 6.45) is 2.41. The zero-order chi connectivity index (χ0) is 34.8. The highest BCUT2D eigenvalue weighted by Crippen LogP contribution is 2.29. The topological polar surface area (TPSA) is 141 Å². The number of benzene rings is 3. The fourth-order valence-electron chi connectivity index (χ4n) is 6.14. The monoisotopic (exact) mass is 677 g/mol. The smallest absolute Gasteiger partial charge is 0.270 e. The van der Waals surface area contributed by atoms with Gasteiger partial charge in [-0.2, -0.15) is 0 Å². The van der Waals surface area contributed by atoms with Crippen molar-refractivity contribution in [3.63, 3.8) is 0 Å². The van der Waals surface area contributed by atoms with Crippen molar-refractivity contribution in [1.29, 1.82) is 0 Å². The highest BCUT2D eigenvalue weighted by molar-refractivity contribution is 5.96. The predicted molar refractivity (Wildman–Crippen MR) is 180 cm³/mol. The van der Waals surface area contributed by atoms with Crippen LogP contribution in [-0.4, -0.2) is 71.0 Å². The molecule has 2 atom stereocenters. The minimum atomic E-state index is -0.813. The van der Waals surface area contributed by atoms with Crippen LogP contribution >= 0.6 is 0 Å². The van der Waals surface area contributed by atoms with Crippen molar-refractivity contribution in [2.75, 3.05) is 26.8 Å². The summed E-state index contributed by atoms with van der Waals surface area (Å²) in [4.78, 5) is 59.2. The molecule has 12 nitrogen and oxygen atoms in total. The number of ether oxygens (including phenoxy) is 3.